The van der Waals surface area contributed by atoms with Gasteiger partial charge in [0.05, 0.1) is 6.61 Å². The van der Waals surface area contributed by atoms with E-state index >= 15 is 0 Å². The summed E-state index contributed by atoms with van der Waals surface area (Å²) in [5.74, 6) is -1.52. The normalized spacial score (nSPS) is 19.8. The van der Waals surface area contributed by atoms with Gasteiger partial charge in [-0.15, -0.1) is 0 Å². The van der Waals surface area contributed by atoms with Gasteiger partial charge in [-0.2, -0.15) is 0 Å². The first kappa shape index (κ1) is 15.5. The quantitative estimate of drug-likeness (QED) is 0.888. The molecule has 5 nitrogen and oxygen atoms in total. The first-order chi connectivity index (χ1) is 9.99. The molecule has 0 bridgehead atoms. The molecule has 2 atom stereocenters. The van der Waals surface area contributed by atoms with Gasteiger partial charge in [0, 0.05) is 18.1 Å². The van der Waals surface area contributed by atoms with E-state index in [4.69, 9.17) is 4.74 Å². The van der Waals surface area contributed by atoms with Gasteiger partial charge in [-0.05, 0) is 38.3 Å². The number of aryl methyl sites for hydroxylation is 2. The third-order valence-corrected chi connectivity index (χ3v) is 3.86. The van der Waals surface area contributed by atoms with E-state index in [1.54, 1.807) is 6.07 Å². The molecule has 5 heteroatoms. The van der Waals surface area contributed by atoms with Crippen molar-refractivity contribution >= 4 is 11.9 Å². The molecule has 1 aliphatic rings. The Bertz CT molecular complexity index is 535. The van der Waals surface area contributed by atoms with Gasteiger partial charge in [-0.1, -0.05) is 17.7 Å². The van der Waals surface area contributed by atoms with Crippen LogP contribution in [-0.2, 0) is 9.53 Å². The van der Waals surface area contributed by atoms with Gasteiger partial charge >= 0.3 is 5.97 Å². The molecule has 1 aliphatic heterocycles. The fraction of sp³-hybridized carbons (Fsp3) is 0.500. The second kappa shape index (κ2) is 6.72. The lowest BCUT2D eigenvalue weighted by molar-refractivity contribution is -0.142. The van der Waals surface area contributed by atoms with Crippen molar-refractivity contribution in [2.75, 3.05) is 13.2 Å². The van der Waals surface area contributed by atoms with Gasteiger partial charge in [0.15, 0.2) is 0 Å². The van der Waals surface area contributed by atoms with E-state index in [-0.39, 0.29) is 11.8 Å². The highest BCUT2D eigenvalue weighted by molar-refractivity contribution is 5.98. The molecule has 1 aromatic carbocycles. The van der Waals surface area contributed by atoms with Crippen molar-refractivity contribution in [3.05, 3.63) is 34.9 Å². The molecule has 0 spiro atoms. The number of ether oxygens (including phenoxy) is 1. The van der Waals surface area contributed by atoms with E-state index in [1.807, 2.05) is 26.0 Å². The molecule has 2 unspecified atom stereocenters. The summed E-state index contributed by atoms with van der Waals surface area (Å²) in [5.41, 5.74) is 2.33. The highest BCUT2D eigenvalue weighted by atomic mass is 16.5. The van der Waals surface area contributed by atoms with Crippen LogP contribution in [0, 0.1) is 19.8 Å². The number of carboxylic acid groups (broad SMARTS) is 1. The minimum absolute atomic E-state index is 0.176. The fourth-order valence-corrected chi connectivity index (χ4v) is 2.61. The third kappa shape index (κ3) is 3.82. The van der Waals surface area contributed by atoms with Crippen LogP contribution in [0.25, 0.3) is 0 Å². The maximum Gasteiger partial charge on any atom is 0.326 e. The van der Waals surface area contributed by atoms with Crippen molar-refractivity contribution in [1.29, 1.82) is 0 Å². The monoisotopic (exact) mass is 291 g/mol. The molecule has 114 valence electrons. The van der Waals surface area contributed by atoms with Crippen LogP contribution < -0.4 is 5.32 Å². The van der Waals surface area contributed by atoms with Crippen molar-refractivity contribution in [3.63, 3.8) is 0 Å². The number of nitrogens with one attached hydrogen (secondary N) is 1. The van der Waals surface area contributed by atoms with Gasteiger partial charge in [-0.25, -0.2) is 4.79 Å². The molecule has 2 rings (SSSR count). The molecular weight excluding hydrogens is 270 g/mol. The molecular formula is C16H21NO4. The fourth-order valence-electron chi connectivity index (χ4n) is 2.61. The minimum Gasteiger partial charge on any atom is -0.480 e. The van der Waals surface area contributed by atoms with Crippen LogP contribution in [-0.4, -0.2) is 36.2 Å². The van der Waals surface area contributed by atoms with Gasteiger partial charge in [0.2, 0.25) is 0 Å². The standard InChI is InChI=1S/C16H21NO4/c1-10-5-6-11(2)13(8-10)15(18)17-14(16(19)20)12-4-3-7-21-9-12/h5-6,8,12,14H,3-4,7,9H2,1-2H3,(H,17,18)(H,19,20). The average Bonchev–Trinajstić information content (AvgIpc) is 2.47. The first-order valence-electron chi connectivity index (χ1n) is 7.17. The van der Waals surface area contributed by atoms with Crippen LogP contribution >= 0.6 is 0 Å². The summed E-state index contributed by atoms with van der Waals surface area (Å²) in [7, 11) is 0. The van der Waals surface area contributed by atoms with E-state index in [9.17, 15) is 14.7 Å². The van der Waals surface area contributed by atoms with Crippen LogP contribution in [0.3, 0.4) is 0 Å². The Hall–Kier alpha value is -1.88. The van der Waals surface area contributed by atoms with Crippen molar-refractivity contribution in [1.82, 2.24) is 5.32 Å². The number of carboxylic acids is 1. The number of hydrogen-bond acceptors (Lipinski definition) is 3. The van der Waals surface area contributed by atoms with Gasteiger partial charge in [0.25, 0.3) is 5.91 Å². The summed E-state index contributed by atoms with van der Waals surface area (Å²) in [5, 5.41) is 12.0. The molecule has 0 radical (unpaired) electrons. The number of hydrogen-bond donors (Lipinski definition) is 2. The Balaban J connectivity index is 2.14. The smallest absolute Gasteiger partial charge is 0.326 e. The highest BCUT2D eigenvalue weighted by Crippen LogP contribution is 2.19. The summed E-state index contributed by atoms with van der Waals surface area (Å²) in [6.45, 7) is 4.78. The molecule has 21 heavy (non-hydrogen) atoms. The maximum atomic E-state index is 12.4. The molecule has 0 saturated carbocycles. The number of carbonyl (C=O) groups excluding carboxylic acids is 1. The molecule has 0 aromatic heterocycles. The Labute approximate surface area is 124 Å². The van der Waals surface area contributed by atoms with Crippen LogP contribution in [0.5, 0.6) is 0 Å². The van der Waals surface area contributed by atoms with Crippen LogP contribution in [0.15, 0.2) is 18.2 Å². The van der Waals surface area contributed by atoms with Crippen LogP contribution in [0.4, 0.5) is 0 Å². The number of carbonyl (C=O) groups is 2. The number of aliphatic carboxylic acids is 1. The van der Waals surface area contributed by atoms with Crippen LogP contribution in [0.2, 0.25) is 0 Å². The molecule has 1 heterocycles. The van der Waals surface area contributed by atoms with Crippen molar-refractivity contribution < 1.29 is 19.4 Å². The Morgan fingerprint density at radius 2 is 2.14 bits per heavy atom. The van der Waals surface area contributed by atoms with Gasteiger partial charge < -0.3 is 15.2 Å². The molecule has 1 saturated heterocycles. The summed E-state index contributed by atoms with van der Waals surface area (Å²) in [4.78, 5) is 23.8. The SMILES string of the molecule is Cc1ccc(C)c(C(=O)NC(C(=O)O)C2CCCOC2)c1. The average molecular weight is 291 g/mol. The zero-order chi connectivity index (χ0) is 15.4. The predicted molar refractivity (Wildman–Crippen MR) is 78.3 cm³/mol. The van der Waals surface area contributed by atoms with E-state index in [1.165, 1.54) is 0 Å². The minimum atomic E-state index is -1.01. The third-order valence-electron chi connectivity index (χ3n) is 3.86. The lowest BCUT2D eigenvalue weighted by Gasteiger charge is -2.28. The van der Waals surface area contributed by atoms with E-state index in [0.29, 0.717) is 18.8 Å². The number of amides is 1. The Kier molecular flexibility index (Phi) is 4.96. The van der Waals surface area contributed by atoms with Crippen molar-refractivity contribution in [2.24, 2.45) is 5.92 Å². The predicted octanol–water partition coefficient (Wildman–Crippen LogP) is 1.91. The topological polar surface area (TPSA) is 75.6 Å². The van der Waals surface area contributed by atoms with E-state index in [0.717, 1.165) is 24.0 Å². The van der Waals surface area contributed by atoms with Gasteiger partial charge in [0.1, 0.15) is 6.04 Å². The Morgan fingerprint density at radius 3 is 2.76 bits per heavy atom. The number of benzene rings is 1. The van der Waals surface area contributed by atoms with Gasteiger partial charge in [-0.3, -0.25) is 4.79 Å². The van der Waals surface area contributed by atoms with Crippen molar-refractivity contribution in [2.45, 2.75) is 32.7 Å². The lowest BCUT2D eigenvalue weighted by atomic mass is 9.93. The van der Waals surface area contributed by atoms with Crippen molar-refractivity contribution in [3.8, 4) is 0 Å². The van der Waals surface area contributed by atoms with E-state index < -0.39 is 12.0 Å². The summed E-state index contributed by atoms with van der Waals surface area (Å²) >= 11 is 0. The zero-order valence-electron chi connectivity index (χ0n) is 12.4. The second-order valence-corrected chi connectivity index (χ2v) is 5.58. The van der Waals surface area contributed by atoms with Crippen LogP contribution in [0.1, 0.15) is 34.3 Å². The largest absolute Gasteiger partial charge is 0.480 e. The summed E-state index contributed by atoms with van der Waals surface area (Å²) < 4.78 is 5.33. The zero-order valence-corrected chi connectivity index (χ0v) is 12.4. The van der Waals surface area contributed by atoms with E-state index in [2.05, 4.69) is 5.32 Å². The summed E-state index contributed by atoms with van der Waals surface area (Å²) in [6, 6.07) is 4.66. The second-order valence-electron chi connectivity index (χ2n) is 5.58. The molecule has 1 fully saturated rings. The molecule has 1 amide bonds. The maximum absolute atomic E-state index is 12.4. The molecule has 0 aliphatic carbocycles. The number of rotatable bonds is 4. The molecule has 1 aromatic rings. The highest BCUT2D eigenvalue weighted by Gasteiger charge is 2.31. The summed E-state index contributed by atoms with van der Waals surface area (Å²) in [6.07, 6.45) is 1.58. The lowest BCUT2D eigenvalue weighted by Crippen LogP contribution is -2.48. The Morgan fingerprint density at radius 1 is 1.38 bits per heavy atom. The molecule has 2 N–H and O–H groups in total. The first-order valence-corrected chi connectivity index (χ1v) is 7.17.